The number of unbranched alkanes of at least 4 members (excludes halogenated alkanes) is 6. The van der Waals surface area contributed by atoms with Crippen LogP contribution >= 0.6 is 0 Å². The first-order chi connectivity index (χ1) is 21.3. The van der Waals surface area contributed by atoms with Crippen molar-refractivity contribution >= 4 is 17.0 Å². The Labute approximate surface area is 257 Å². The number of aromatic hydroxyl groups is 1. The highest BCUT2D eigenvalue weighted by Crippen LogP contribution is 2.29. The molecule has 2 atom stereocenters. The van der Waals surface area contributed by atoms with Crippen LogP contribution in [0.5, 0.6) is 11.5 Å². The van der Waals surface area contributed by atoms with Crippen LogP contribution in [0.3, 0.4) is 0 Å². The molecule has 1 unspecified atom stereocenters. The van der Waals surface area contributed by atoms with Crippen molar-refractivity contribution < 1.29 is 24.9 Å². The number of pyridine rings is 1. The average Bonchev–Trinajstić information content (AvgIpc) is 3.01. The van der Waals surface area contributed by atoms with Crippen LogP contribution in [0.15, 0.2) is 77.6 Å². The van der Waals surface area contributed by atoms with Gasteiger partial charge in [0, 0.05) is 18.0 Å². The van der Waals surface area contributed by atoms with E-state index in [1.54, 1.807) is 12.1 Å². The lowest BCUT2D eigenvalue weighted by Gasteiger charge is -2.19. The summed E-state index contributed by atoms with van der Waals surface area (Å²) in [6, 6.07) is 21.2. The average molecular weight is 602 g/mol. The third kappa shape index (κ3) is 9.59. The van der Waals surface area contributed by atoms with Crippen molar-refractivity contribution in [3.63, 3.8) is 0 Å². The summed E-state index contributed by atoms with van der Waals surface area (Å²) in [5.74, 6) is 0.719. The fourth-order valence-corrected chi connectivity index (χ4v) is 5.35. The van der Waals surface area contributed by atoms with E-state index in [9.17, 15) is 24.9 Å². The van der Waals surface area contributed by atoms with E-state index in [1.807, 2.05) is 55.5 Å². The van der Waals surface area contributed by atoms with E-state index < -0.39 is 18.2 Å². The molecule has 0 aliphatic carbocycles. The van der Waals surface area contributed by atoms with Gasteiger partial charge in [0.1, 0.15) is 11.5 Å². The van der Waals surface area contributed by atoms with Crippen LogP contribution in [-0.4, -0.2) is 46.1 Å². The number of fused-ring (bicyclic) bond motifs is 1. The first kappa shape index (κ1) is 32.6. The van der Waals surface area contributed by atoms with Gasteiger partial charge >= 0.3 is 6.09 Å². The number of nitrogens with one attached hydrogen (secondary N) is 3. The van der Waals surface area contributed by atoms with Crippen LogP contribution in [-0.2, 0) is 0 Å². The Morgan fingerprint density at radius 2 is 1.61 bits per heavy atom. The minimum absolute atomic E-state index is 0.0149. The SMILES string of the molecule is Cc1ccc(C(NC(=O)O)c2cccc(OCCCCCCCCCNC[C@@H](O)c3ccc(O)c4[nH]c(=O)ccc34)c2)cc1. The third-order valence-electron chi connectivity index (χ3n) is 7.74. The van der Waals surface area contributed by atoms with Gasteiger partial charge in [0.2, 0.25) is 5.56 Å². The van der Waals surface area contributed by atoms with Gasteiger partial charge in [-0.2, -0.15) is 0 Å². The topological polar surface area (TPSA) is 144 Å². The summed E-state index contributed by atoms with van der Waals surface area (Å²) >= 11 is 0. The summed E-state index contributed by atoms with van der Waals surface area (Å²) in [6.07, 6.45) is 5.82. The van der Waals surface area contributed by atoms with E-state index in [0.717, 1.165) is 73.9 Å². The molecule has 9 nitrogen and oxygen atoms in total. The van der Waals surface area contributed by atoms with Gasteiger partial charge < -0.3 is 35.7 Å². The zero-order valence-corrected chi connectivity index (χ0v) is 25.2. The van der Waals surface area contributed by atoms with E-state index in [1.165, 1.54) is 12.1 Å². The van der Waals surface area contributed by atoms with Crippen LogP contribution in [0.2, 0.25) is 0 Å². The number of ether oxygens (including phenoxy) is 1. The van der Waals surface area contributed by atoms with E-state index in [0.29, 0.717) is 29.6 Å². The fraction of sp³-hybridized carbons (Fsp3) is 0.371. The van der Waals surface area contributed by atoms with Crippen molar-refractivity contribution in [2.75, 3.05) is 19.7 Å². The number of aromatic amines is 1. The first-order valence-electron chi connectivity index (χ1n) is 15.3. The zero-order valence-electron chi connectivity index (χ0n) is 25.2. The summed E-state index contributed by atoms with van der Waals surface area (Å²) in [5.41, 5.74) is 3.54. The van der Waals surface area contributed by atoms with Crippen LogP contribution in [0, 0.1) is 6.92 Å². The maximum atomic E-state index is 11.6. The molecule has 1 amide bonds. The Morgan fingerprint density at radius 3 is 2.36 bits per heavy atom. The lowest BCUT2D eigenvalue weighted by molar-refractivity contribution is 0.176. The molecule has 0 fully saturated rings. The van der Waals surface area contributed by atoms with E-state index in [-0.39, 0.29) is 11.3 Å². The predicted octanol–water partition coefficient (Wildman–Crippen LogP) is 6.33. The van der Waals surface area contributed by atoms with Crippen LogP contribution in [0.25, 0.3) is 10.9 Å². The van der Waals surface area contributed by atoms with Crippen molar-refractivity contribution in [3.8, 4) is 11.5 Å². The second-order valence-corrected chi connectivity index (χ2v) is 11.2. The number of phenols is 1. The normalized spacial score (nSPS) is 12.6. The Bertz CT molecular complexity index is 1550. The van der Waals surface area contributed by atoms with Crippen molar-refractivity contribution in [1.82, 2.24) is 15.6 Å². The predicted molar refractivity (Wildman–Crippen MR) is 173 cm³/mol. The number of benzene rings is 3. The van der Waals surface area contributed by atoms with Crippen LogP contribution in [0.4, 0.5) is 4.79 Å². The second kappa shape index (κ2) is 16.5. The van der Waals surface area contributed by atoms with Crippen molar-refractivity contribution in [2.45, 2.75) is 64.0 Å². The molecule has 44 heavy (non-hydrogen) atoms. The van der Waals surface area contributed by atoms with E-state index in [4.69, 9.17) is 4.74 Å². The summed E-state index contributed by atoms with van der Waals surface area (Å²) < 4.78 is 5.98. The van der Waals surface area contributed by atoms with Crippen molar-refractivity contribution in [2.24, 2.45) is 0 Å². The van der Waals surface area contributed by atoms with Crippen molar-refractivity contribution in [1.29, 1.82) is 0 Å². The number of aliphatic hydroxyl groups is 1. The minimum atomic E-state index is -1.07. The van der Waals surface area contributed by atoms with Crippen LogP contribution < -0.4 is 20.9 Å². The molecule has 1 aromatic heterocycles. The molecular formula is C35H43N3O6. The minimum Gasteiger partial charge on any atom is -0.506 e. The zero-order chi connectivity index (χ0) is 31.3. The molecular weight excluding hydrogens is 558 g/mol. The van der Waals surface area contributed by atoms with Gasteiger partial charge in [0.25, 0.3) is 0 Å². The number of aliphatic hydroxyl groups excluding tert-OH is 1. The number of hydrogen-bond acceptors (Lipinski definition) is 6. The Balaban J connectivity index is 1.08. The van der Waals surface area contributed by atoms with Crippen molar-refractivity contribution in [3.05, 3.63) is 105 Å². The summed E-state index contributed by atoms with van der Waals surface area (Å²) in [7, 11) is 0. The summed E-state index contributed by atoms with van der Waals surface area (Å²) in [6.45, 7) is 3.82. The quantitative estimate of drug-likeness (QED) is 0.0776. The van der Waals surface area contributed by atoms with E-state index >= 15 is 0 Å². The van der Waals surface area contributed by atoms with Crippen LogP contribution in [0.1, 0.15) is 79.3 Å². The molecule has 0 aliphatic heterocycles. The molecule has 234 valence electrons. The maximum absolute atomic E-state index is 11.6. The largest absolute Gasteiger partial charge is 0.506 e. The highest BCUT2D eigenvalue weighted by Gasteiger charge is 2.17. The second-order valence-electron chi connectivity index (χ2n) is 11.2. The monoisotopic (exact) mass is 601 g/mol. The van der Waals surface area contributed by atoms with Gasteiger partial charge in [-0.25, -0.2) is 4.79 Å². The Kier molecular flexibility index (Phi) is 12.2. The number of aryl methyl sites for hydroxylation is 1. The molecule has 1 heterocycles. The number of hydrogen-bond donors (Lipinski definition) is 6. The number of amides is 1. The maximum Gasteiger partial charge on any atom is 0.405 e. The molecule has 0 radical (unpaired) electrons. The number of H-pyrrole nitrogens is 1. The number of carbonyl (C=O) groups is 1. The molecule has 0 saturated heterocycles. The van der Waals surface area contributed by atoms with Gasteiger partial charge in [-0.1, -0.05) is 80.1 Å². The number of rotatable bonds is 17. The molecule has 0 bridgehead atoms. The Morgan fingerprint density at radius 1 is 0.886 bits per heavy atom. The molecule has 4 aromatic rings. The molecule has 4 rings (SSSR count). The molecule has 0 spiro atoms. The standard InChI is InChI=1S/C35H43N3O6/c1-24-12-14-25(15-13-24)33(38-35(42)43)26-10-9-11-27(22-26)44-21-8-6-4-2-3-5-7-20-36-23-31(40)28-16-18-30(39)34-29(28)17-19-32(41)37-34/h9-19,22,31,33,36,38-40H,2-8,20-21,23H2,1H3,(H,37,41)(H,42,43)/t31-,33?/m1/s1. The van der Waals surface area contributed by atoms with E-state index in [2.05, 4.69) is 15.6 Å². The summed E-state index contributed by atoms with van der Waals surface area (Å²) in [4.78, 5) is 25.7. The fourth-order valence-electron chi connectivity index (χ4n) is 5.35. The van der Waals surface area contributed by atoms with Gasteiger partial charge in [0.05, 0.1) is 24.3 Å². The molecule has 3 aromatic carbocycles. The Hall–Kier alpha value is -4.34. The van der Waals surface area contributed by atoms with Gasteiger partial charge in [-0.05, 0) is 67.3 Å². The number of carboxylic acid groups (broad SMARTS) is 1. The highest BCUT2D eigenvalue weighted by atomic mass is 16.5. The lowest BCUT2D eigenvalue weighted by Crippen LogP contribution is -2.27. The first-order valence-corrected chi connectivity index (χ1v) is 15.3. The van der Waals surface area contributed by atoms with Gasteiger partial charge in [-0.3, -0.25) is 4.79 Å². The van der Waals surface area contributed by atoms with Gasteiger partial charge in [-0.15, -0.1) is 0 Å². The smallest absolute Gasteiger partial charge is 0.405 e. The lowest BCUT2D eigenvalue weighted by atomic mass is 9.98. The molecule has 0 aliphatic rings. The third-order valence-corrected chi connectivity index (χ3v) is 7.74. The molecule has 6 N–H and O–H groups in total. The summed E-state index contributed by atoms with van der Waals surface area (Å²) in [5, 5.41) is 36.6. The molecule has 0 saturated carbocycles. The number of phenolic OH excluding ortho intramolecular Hbond substituents is 1. The molecule has 9 heteroatoms. The number of aromatic nitrogens is 1. The van der Waals surface area contributed by atoms with Gasteiger partial charge in [0.15, 0.2) is 0 Å². The highest BCUT2D eigenvalue weighted by molar-refractivity contribution is 5.87.